The van der Waals surface area contributed by atoms with Gasteiger partial charge in [0.05, 0.1) is 5.69 Å². The molecule has 32 heavy (non-hydrogen) atoms. The minimum Gasteiger partial charge on any atom is -0.451 e. The number of furan rings is 1. The molecule has 0 spiro atoms. The van der Waals surface area contributed by atoms with Crippen LogP contribution in [0.4, 0.5) is 10.1 Å². The summed E-state index contributed by atoms with van der Waals surface area (Å²) < 4.78 is 20.4. The number of hydrogen-bond donors (Lipinski definition) is 1. The second kappa shape index (κ2) is 9.99. The van der Waals surface area contributed by atoms with Crippen molar-refractivity contribution in [1.29, 1.82) is 0 Å². The summed E-state index contributed by atoms with van der Waals surface area (Å²) in [6.07, 6.45) is 1.54. The molecule has 0 bridgehead atoms. The maximum absolute atomic E-state index is 14.1. The number of rotatable bonds is 5. The van der Waals surface area contributed by atoms with Crippen LogP contribution in [0, 0.1) is 9.58 Å². The lowest BCUT2D eigenvalue weighted by Crippen LogP contribution is -2.50. The van der Waals surface area contributed by atoms with Crippen molar-refractivity contribution in [2.24, 2.45) is 0 Å². The van der Waals surface area contributed by atoms with Crippen molar-refractivity contribution >= 4 is 46.2 Å². The molecule has 1 N–H and O–H groups in total. The Bertz CT molecular complexity index is 1140. The van der Waals surface area contributed by atoms with Crippen LogP contribution in [0.25, 0.3) is 6.08 Å². The third-order valence-electron chi connectivity index (χ3n) is 5.16. The molecule has 3 aromatic rings. The van der Waals surface area contributed by atoms with Gasteiger partial charge in [-0.15, -0.1) is 0 Å². The van der Waals surface area contributed by atoms with Crippen LogP contribution in [0.5, 0.6) is 0 Å². The number of anilines is 1. The molecule has 8 heteroatoms. The van der Waals surface area contributed by atoms with Gasteiger partial charge in [0.1, 0.15) is 17.3 Å². The minimum atomic E-state index is -0.378. The molecule has 0 unspecified atom stereocenters. The van der Waals surface area contributed by atoms with E-state index in [0.29, 0.717) is 47.0 Å². The SMILES string of the molecule is O=C(N/C(=C\c1ccc(I)o1)C(=O)N1CCN(c2ccccc2F)CC1)c1ccccc1. The highest BCUT2D eigenvalue weighted by Crippen LogP contribution is 2.21. The molecule has 0 radical (unpaired) electrons. The van der Waals surface area contributed by atoms with Gasteiger partial charge in [0.15, 0.2) is 3.77 Å². The van der Waals surface area contributed by atoms with Crippen LogP contribution in [-0.4, -0.2) is 42.9 Å². The number of piperazine rings is 1. The van der Waals surface area contributed by atoms with E-state index in [1.807, 2.05) is 33.6 Å². The number of amides is 2. The van der Waals surface area contributed by atoms with Gasteiger partial charge in [-0.2, -0.15) is 0 Å². The monoisotopic (exact) mass is 545 g/mol. The maximum Gasteiger partial charge on any atom is 0.270 e. The van der Waals surface area contributed by atoms with Crippen molar-refractivity contribution in [3.63, 3.8) is 0 Å². The number of nitrogens with zero attached hydrogens (tertiary/aromatic N) is 2. The van der Waals surface area contributed by atoms with Crippen molar-refractivity contribution in [3.05, 3.63) is 93.3 Å². The number of benzene rings is 2. The topological polar surface area (TPSA) is 65.8 Å². The van der Waals surface area contributed by atoms with Crippen LogP contribution >= 0.6 is 22.6 Å². The van der Waals surface area contributed by atoms with Gasteiger partial charge in [0.25, 0.3) is 11.8 Å². The first-order chi connectivity index (χ1) is 15.5. The first-order valence-electron chi connectivity index (χ1n) is 10.1. The van der Waals surface area contributed by atoms with Crippen LogP contribution in [0.1, 0.15) is 16.1 Å². The number of nitrogens with one attached hydrogen (secondary N) is 1. The van der Waals surface area contributed by atoms with Gasteiger partial charge >= 0.3 is 0 Å². The molecule has 0 aliphatic carbocycles. The highest BCUT2D eigenvalue weighted by molar-refractivity contribution is 14.1. The van der Waals surface area contributed by atoms with E-state index in [4.69, 9.17) is 4.42 Å². The molecule has 2 aromatic carbocycles. The van der Waals surface area contributed by atoms with E-state index in [1.165, 1.54) is 12.1 Å². The van der Waals surface area contributed by atoms with Crippen LogP contribution in [-0.2, 0) is 4.79 Å². The Hall–Kier alpha value is -3.14. The Morgan fingerprint density at radius 2 is 1.62 bits per heavy atom. The zero-order valence-electron chi connectivity index (χ0n) is 17.1. The van der Waals surface area contributed by atoms with E-state index in [0.717, 1.165) is 0 Å². The summed E-state index contributed by atoms with van der Waals surface area (Å²) >= 11 is 2.04. The Morgan fingerprint density at radius 1 is 0.938 bits per heavy atom. The lowest BCUT2D eigenvalue weighted by atomic mass is 10.2. The molecule has 1 saturated heterocycles. The van der Waals surface area contributed by atoms with E-state index >= 15 is 0 Å². The minimum absolute atomic E-state index is 0.129. The molecule has 1 fully saturated rings. The standard InChI is InChI=1S/C24H21FIN3O3/c25-19-8-4-5-9-21(19)28-12-14-29(15-13-28)24(31)20(16-18-10-11-22(26)32-18)27-23(30)17-6-2-1-3-7-17/h1-11,16H,12-15H2,(H,27,30)/b20-16-. The predicted octanol–water partition coefficient (Wildman–Crippen LogP) is 4.14. The summed E-state index contributed by atoms with van der Waals surface area (Å²) in [6.45, 7) is 1.79. The van der Waals surface area contributed by atoms with Gasteiger partial charge in [-0.1, -0.05) is 30.3 Å². The van der Waals surface area contributed by atoms with Crippen molar-refractivity contribution in [2.75, 3.05) is 31.1 Å². The molecule has 2 heterocycles. The van der Waals surface area contributed by atoms with Gasteiger partial charge in [-0.25, -0.2) is 4.39 Å². The molecule has 1 aromatic heterocycles. The van der Waals surface area contributed by atoms with Crippen molar-refractivity contribution < 1.29 is 18.4 Å². The maximum atomic E-state index is 14.1. The summed E-state index contributed by atoms with van der Waals surface area (Å²) in [5, 5.41) is 2.74. The zero-order valence-corrected chi connectivity index (χ0v) is 19.3. The molecule has 2 amide bonds. The Morgan fingerprint density at radius 3 is 2.28 bits per heavy atom. The van der Waals surface area contributed by atoms with E-state index in [-0.39, 0.29) is 23.3 Å². The second-order valence-corrected chi connectivity index (χ2v) is 8.31. The third-order valence-corrected chi connectivity index (χ3v) is 5.73. The molecule has 4 rings (SSSR count). The summed E-state index contributed by atoms with van der Waals surface area (Å²) in [6, 6.07) is 18.8. The fraction of sp³-hybridized carbons (Fsp3) is 0.167. The average Bonchev–Trinajstić information content (AvgIpc) is 3.23. The van der Waals surface area contributed by atoms with E-state index in [2.05, 4.69) is 5.32 Å². The number of para-hydroxylation sites is 1. The molecule has 164 valence electrons. The first kappa shape index (κ1) is 22.1. The fourth-order valence-electron chi connectivity index (χ4n) is 3.51. The largest absolute Gasteiger partial charge is 0.451 e. The van der Waals surface area contributed by atoms with Crippen LogP contribution in [0.3, 0.4) is 0 Å². The molecule has 0 atom stereocenters. The highest BCUT2D eigenvalue weighted by atomic mass is 127. The smallest absolute Gasteiger partial charge is 0.270 e. The quantitative estimate of drug-likeness (QED) is 0.387. The number of carbonyl (C=O) groups excluding carboxylic acids is 2. The van der Waals surface area contributed by atoms with Crippen molar-refractivity contribution in [2.45, 2.75) is 0 Å². The van der Waals surface area contributed by atoms with Gasteiger partial charge in [-0.05, 0) is 59.0 Å². The lowest BCUT2D eigenvalue weighted by Gasteiger charge is -2.36. The van der Waals surface area contributed by atoms with Gasteiger partial charge in [0, 0.05) is 37.8 Å². The Labute approximate surface area is 198 Å². The van der Waals surface area contributed by atoms with E-state index in [1.54, 1.807) is 59.5 Å². The average molecular weight is 545 g/mol. The van der Waals surface area contributed by atoms with E-state index in [9.17, 15) is 14.0 Å². The number of carbonyl (C=O) groups is 2. The summed E-state index contributed by atoms with van der Waals surface area (Å²) in [5.41, 5.74) is 1.10. The first-order valence-corrected chi connectivity index (χ1v) is 11.2. The summed E-state index contributed by atoms with van der Waals surface area (Å²) in [7, 11) is 0. The van der Waals surface area contributed by atoms with Gasteiger partial charge < -0.3 is 19.5 Å². The fourth-order valence-corrected chi connectivity index (χ4v) is 3.95. The van der Waals surface area contributed by atoms with Crippen molar-refractivity contribution in [3.8, 4) is 0 Å². The highest BCUT2D eigenvalue weighted by Gasteiger charge is 2.26. The Balaban J connectivity index is 1.51. The van der Waals surface area contributed by atoms with Crippen molar-refractivity contribution in [1.82, 2.24) is 10.2 Å². The van der Waals surface area contributed by atoms with Gasteiger partial charge in [-0.3, -0.25) is 9.59 Å². The Kier molecular flexibility index (Phi) is 6.89. The number of halogens is 2. The summed E-state index contributed by atoms with van der Waals surface area (Å²) in [5.74, 6) is -0.503. The number of hydrogen-bond acceptors (Lipinski definition) is 4. The molecule has 1 aliphatic heterocycles. The molecule has 1 aliphatic rings. The van der Waals surface area contributed by atoms with E-state index < -0.39 is 0 Å². The van der Waals surface area contributed by atoms with Gasteiger partial charge in [0.2, 0.25) is 0 Å². The second-order valence-electron chi connectivity index (χ2n) is 7.25. The van der Waals surface area contributed by atoms with Crippen LogP contribution in [0.2, 0.25) is 0 Å². The summed E-state index contributed by atoms with van der Waals surface area (Å²) in [4.78, 5) is 29.6. The normalized spacial score (nSPS) is 14.4. The molecule has 0 saturated carbocycles. The molecular formula is C24H21FIN3O3. The van der Waals surface area contributed by atoms with Crippen LogP contribution in [0.15, 0.2) is 76.8 Å². The molecule has 6 nitrogen and oxygen atoms in total. The molecular weight excluding hydrogens is 524 g/mol. The third kappa shape index (κ3) is 5.18. The zero-order chi connectivity index (χ0) is 22.5. The lowest BCUT2D eigenvalue weighted by molar-refractivity contribution is -0.127. The van der Waals surface area contributed by atoms with Crippen LogP contribution < -0.4 is 10.2 Å². The predicted molar refractivity (Wildman–Crippen MR) is 129 cm³/mol.